The minimum Gasteiger partial charge on any atom is -0.459 e. The quantitative estimate of drug-likeness (QED) is 0.716. The molecule has 4 fully saturated rings. The van der Waals surface area contributed by atoms with E-state index in [0.717, 1.165) is 32.3 Å². The van der Waals surface area contributed by atoms with E-state index in [4.69, 9.17) is 9.47 Å². The zero-order chi connectivity index (χ0) is 15.3. The van der Waals surface area contributed by atoms with Crippen LogP contribution in [-0.4, -0.2) is 23.8 Å². The van der Waals surface area contributed by atoms with E-state index in [9.17, 15) is 4.79 Å². The maximum absolute atomic E-state index is 12.6. The second-order valence-corrected chi connectivity index (χ2v) is 8.39. The molecule has 3 heteroatoms. The Morgan fingerprint density at radius 1 is 1.10 bits per heavy atom. The van der Waals surface area contributed by atoms with E-state index in [-0.39, 0.29) is 22.6 Å². The Hall–Kier alpha value is -0.570. The molecule has 0 aliphatic heterocycles. The molecule has 0 aromatic heterocycles. The van der Waals surface area contributed by atoms with Crippen LogP contribution in [0, 0.1) is 17.3 Å². The zero-order valence-electron chi connectivity index (χ0n) is 14.0. The number of carbonyl (C=O) groups is 1. The third-order valence-electron chi connectivity index (χ3n) is 6.15. The van der Waals surface area contributed by atoms with Crippen LogP contribution in [0.1, 0.15) is 72.6 Å². The summed E-state index contributed by atoms with van der Waals surface area (Å²) < 4.78 is 12.3. The van der Waals surface area contributed by atoms with Gasteiger partial charge >= 0.3 is 5.97 Å². The molecule has 4 rings (SSSR count). The monoisotopic (exact) mass is 294 g/mol. The van der Waals surface area contributed by atoms with E-state index in [1.54, 1.807) is 0 Å². The molecule has 4 aliphatic rings. The minimum atomic E-state index is -0.373. The van der Waals surface area contributed by atoms with Gasteiger partial charge in [-0.1, -0.05) is 6.92 Å². The van der Waals surface area contributed by atoms with Crippen molar-refractivity contribution < 1.29 is 14.3 Å². The lowest BCUT2D eigenvalue weighted by molar-refractivity contribution is -0.237. The van der Waals surface area contributed by atoms with Gasteiger partial charge in [-0.3, -0.25) is 4.79 Å². The smallest absolute Gasteiger partial charge is 0.312 e. The molecule has 0 aromatic carbocycles. The highest BCUT2D eigenvalue weighted by molar-refractivity contribution is 5.76. The summed E-state index contributed by atoms with van der Waals surface area (Å²) in [5.41, 5.74) is -0.611. The molecule has 0 saturated heterocycles. The number of esters is 1. The molecule has 0 spiro atoms. The average Bonchev–Trinajstić information content (AvgIpc) is 2.36. The van der Waals surface area contributed by atoms with Crippen molar-refractivity contribution in [2.75, 3.05) is 6.61 Å². The molecule has 2 unspecified atom stereocenters. The fraction of sp³-hybridized carbons (Fsp3) is 0.944. The first-order valence-corrected chi connectivity index (χ1v) is 8.69. The van der Waals surface area contributed by atoms with Gasteiger partial charge < -0.3 is 9.47 Å². The molecule has 21 heavy (non-hydrogen) atoms. The predicted molar refractivity (Wildman–Crippen MR) is 81.9 cm³/mol. The largest absolute Gasteiger partial charge is 0.459 e. The first-order valence-electron chi connectivity index (χ1n) is 8.69. The first kappa shape index (κ1) is 15.3. The van der Waals surface area contributed by atoms with Crippen LogP contribution in [-0.2, 0) is 14.3 Å². The molecule has 0 aromatic rings. The van der Waals surface area contributed by atoms with Crippen LogP contribution in [0.3, 0.4) is 0 Å². The van der Waals surface area contributed by atoms with Crippen LogP contribution in [0.2, 0.25) is 0 Å². The van der Waals surface area contributed by atoms with Gasteiger partial charge in [-0.05, 0) is 71.1 Å². The van der Waals surface area contributed by atoms with Gasteiger partial charge in [0.25, 0.3) is 0 Å². The van der Waals surface area contributed by atoms with Crippen molar-refractivity contribution in [3.8, 4) is 0 Å². The summed E-state index contributed by atoms with van der Waals surface area (Å²) in [5, 5.41) is 0. The van der Waals surface area contributed by atoms with Gasteiger partial charge in [0, 0.05) is 13.0 Å². The van der Waals surface area contributed by atoms with Crippen molar-refractivity contribution in [2.24, 2.45) is 17.3 Å². The number of hydrogen-bond acceptors (Lipinski definition) is 3. The van der Waals surface area contributed by atoms with E-state index in [0.29, 0.717) is 11.8 Å². The van der Waals surface area contributed by atoms with Gasteiger partial charge in [-0.2, -0.15) is 0 Å². The highest BCUT2D eigenvalue weighted by Crippen LogP contribution is 2.60. The van der Waals surface area contributed by atoms with Gasteiger partial charge in [0.15, 0.2) is 0 Å². The van der Waals surface area contributed by atoms with Gasteiger partial charge in [-0.25, -0.2) is 0 Å². The minimum absolute atomic E-state index is 0.00449. The lowest BCUT2D eigenvalue weighted by Crippen LogP contribution is -2.61. The molecular weight excluding hydrogens is 264 g/mol. The molecule has 4 saturated carbocycles. The van der Waals surface area contributed by atoms with Gasteiger partial charge in [0.05, 0.1) is 11.0 Å². The Morgan fingerprint density at radius 3 is 2.19 bits per heavy atom. The molecule has 2 atom stereocenters. The van der Waals surface area contributed by atoms with Gasteiger partial charge in [0.2, 0.25) is 0 Å². The van der Waals surface area contributed by atoms with E-state index in [1.165, 1.54) is 19.3 Å². The summed E-state index contributed by atoms with van der Waals surface area (Å²) >= 11 is 0. The standard InChI is InChI=1S/C18H30O3/c1-5-16(3,4)15(19)21-18-10-13-7-14(11-18)9-17(8-13,12-18)20-6-2/h13-14H,5-12H2,1-4H3. The average molecular weight is 294 g/mol. The summed E-state index contributed by atoms with van der Waals surface area (Å²) in [4.78, 5) is 12.6. The van der Waals surface area contributed by atoms with Crippen LogP contribution in [0.4, 0.5) is 0 Å². The number of rotatable bonds is 5. The van der Waals surface area contributed by atoms with Crippen LogP contribution in [0.15, 0.2) is 0 Å². The van der Waals surface area contributed by atoms with Crippen LogP contribution >= 0.6 is 0 Å². The molecule has 0 radical (unpaired) electrons. The Morgan fingerprint density at radius 2 is 1.67 bits per heavy atom. The molecule has 120 valence electrons. The van der Waals surface area contributed by atoms with Crippen molar-refractivity contribution in [1.82, 2.24) is 0 Å². The topological polar surface area (TPSA) is 35.5 Å². The Kier molecular flexibility index (Phi) is 3.63. The second kappa shape index (κ2) is 4.97. The summed E-state index contributed by atoms with van der Waals surface area (Å²) in [5.74, 6) is 1.37. The van der Waals surface area contributed by atoms with Crippen molar-refractivity contribution >= 4 is 5.97 Å². The maximum atomic E-state index is 12.6. The molecule has 4 bridgehead atoms. The summed E-state index contributed by atoms with van der Waals surface area (Å²) in [7, 11) is 0. The number of carbonyl (C=O) groups excluding carboxylic acids is 1. The third kappa shape index (κ3) is 2.62. The van der Waals surface area contributed by atoms with Crippen molar-refractivity contribution in [3.05, 3.63) is 0 Å². The van der Waals surface area contributed by atoms with Crippen LogP contribution in [0.25, 0.3) is 0 Å². The van der Waals surface area contributed by atoms with Crippen molar-refractivity contribution in [3.63, 3.8) is 0 Å². The Bertz CT molecular complexity index is 412. The lowest BCUT2D eigenvalue weighted by atomic mass is 9.52. The van der Waals surface area contributed by atoms with E-state index in [1.807, 2.05) is 13.8 Å². The van der Waals surface area contributed by atoms with E-state index in [2.05, 4.69) is 13.8 Å². The van der Waals surface area contributed by atoms with E-state index >= 15 is 0 Å². The van der Waals surface area contributed by atoms with Gasteiger partial charge in [-0.15, -0.1) is 0 Å². The lowest BCUT2D eigenvalue weighted by Gasteiger charge is -2.61. The molecule has 3 nitrogen and oxygen atoms in total. The maximum Gasteiger partial charge on any atom is 0.312 e. The first-order chi connectivity index (χ1) is 9.82. The molecule has 4 aliphatic carbocycles. The van der Waals surface area contributed by atoms with Crippen LogP contribution < -0.4 is 0 Å². The summed E-state index contributed by atoms with van der Waals surface area (Å²) in [6, 6.07) is 0. The molecule has 0 heterocycles. The normalized spacial score (nSPS) is 41.3. The SMILES string of the molecule is CCOC12CC3CC(C1)CC(OC(=O)C(C)(C)CC)(C3)C2. The second-order valence-electron chi connectivity index (χ2n) is 8.39. The van der Waals surface area contributed by atoms with Crippen molar-refractivity contribution in [1.29, 1.82) is 0 Å². The van der Waals surface area contributed by atoms with Crippen LogP contribution in [0.5, 0.6) is 0 Å². The summed E-state index contributed by atoms with van der Waals surface area (Å²) in [6.07, 6.45) is 7.53. The Labute approximate surface area is 128 Å². The van der Waals surface area contributed by atoms with Gasteiger partial charge in [0.1, 0.15) is 5.60 Å². The zero-order valence-corrected chi connectivity index (χ0v) is 14.0. The summed E-state index contributed by atoms with van der Waals surface area (Å²) in [6.45, 7) is 8.90. The fourth-order valence-corrected chi connectivity index (χ4v) is 5.17. The highest BCUT2D eigenvalue weighted by atomic mass is 16.6. The molecule has 0 amide bonds. The number of ether oxygens (including phenoxy) is 2. The van der Waals surface area contributed by atoms with E-state index < -0.39 is 0 Å². The third-order valence-corrected chi connectivity index (χ3v) is 6.15. The fourth-order valence-electron chi connectivity index (χ4n) is 5.17. The molecule has 0 N–H and O–H groups in total. The number of hydrogen-bond donors (Lipinski definition) is 0. The van der Waals surface area contributed by atoms with Crippen molar-refractivity contribution in [2.45, 2.75) is 83.8 Å². The molecular formula is C18H30O3. The highest BCUT2D eigenvalue weighted by Gasteiger charge is 2.60. The predicted octanol–water partition coefficient (Wildman–Crippen LogP) is 4.09. The Balaban J connectivity index is 1.80.